The number of ether oxygens (including phenoxy) is 1. The summed E-state index contributed by atoms with van der Waals surface area (Å²) in [5, 5.41) is 9.16. The molecule has 18 heavy (non-hydrogen) atoms. The maximum absolute atomic E-state index is 11.1. The van der Waals surface area contributed by atoms with Crippen LogP contribution in [0.2, 0.25) is 0 Å². The molecule has 2 rings (SSSR count). The van der Waals surface area contributed by atoms with Gasteiger partial charge in [0.15, 0.2) is 0 Å². The van der Waals surface area contributed by atoms with Gasteiger partial charge in [-0.15, -0.1) is 0 Å². The molecule has 0 amide bonds. The molecule has 0 aromatic heterocycles. The zero-order chi connectivity index (χ0) is 13.3. The molecule has 0 saturated heterocycles. The Kier molecular flexibility index (Phi) is 3.33. The SMILES string of the molecule is CC(C)COc1cccc(C2CC2(C)C(=O)O)c1. The van der Waals surface area contributed by atoms with Crippen LogP contribution in [0.5, 0.6) is 5.75 Å². The third-order valence-corrected chi connectivity index (χ3v) is 3.57. The average Bonchev–Trinajstić information content (AvgIpc) is 3.01. The summed E-state index contributed by atoms with van der Waals surface area (Å²) >= 11 is 0. The summed E-state index contributed by atoms with van der Waals surface area (Å²) in [4.78, 5) is 11.1. The van der Waals surface area contributed by atoms with Crippen molar-refractivity contribution in [3.05, 3.63) is 29.8 Å². The molecule has 1 fully saturated rings. The molecule has 0 heterocycles. The fourth-order valence-corrected chi connectivity index (χ4v) is 2.17. The molecule has 2 atom stereocenters. The van der Waals surface area contributed by atoms with Crippen molar-refractivity contribution in [3.8, 4) is 5.75 Å². The lowest BCUT2D eigenvalue weighted by molar-refractivity contribution is -0.142. The number of carbonyl (C=O) groups is 1. The minimum Gasteiger partial charge on any atom is -0.493 e. The van der Waals surface area contributed by atoms with Gasteiger partial charge in [-0.3, -0.25) is 4.79 Å². The van der Waals surface area contributed by atoms with Crippen LogP contribution in [0, 0.1) is 11.3 Å². The third kappa shape index (κ3) is 2.50. The van der Waals surface area contributed by atoms with Crippen LogP contribution in [0.3, 0.4) is 0 Å². The van der Waals surface area contributed by atoms with Crippen molar-refractivity contribution in [3.63, 3.8) is 0 Å². The smallest absolute Gasteiger partial charge is 0.309 e. The molecule has 0 radical (unpaired) electrons. The van der Waals surface area contributed by atoms with E-state index in [4.69, 9.17) is 9.84 Å². The van der Waals surface area contributed by atoms with Crippen molar-refractivity contribution >= 4 is 5.97 Å². The van der Waals surface area contributed by atoms with E-state index in [0.29, 0.717) is 12.5 Å². The highest BCUT2D eigenvalue weighted by molar-refractivity contribution is 5.80. The van der Waals surface area contributed by atoms with E-state index in [2.05, 4.69) is 13.8 Å². The van der Waals surface area contributed by atoms with E-state index < -0.39 is 11.4 Å². The van der Waals surface area contributed by atoms with Gasteiger partial charge in [-0.2, -0.15) is 0 Å². The Bertz CT molecular complexity index is 453. The topological polar surface area (TPSA) is 46.5 Å². The van der Waals surface area contributed by atoms with Crippen molar-refractivity contribution in [1.82, 2.24) is 0 Å². The third-order valence-electron chi connectivity index (χ3n) is 3.57. The summed E-state index contributed by atoms with van der Waals surface area (Å²) in [7, 11) is 0. The molecular weight excluding hydrogens is 228 g/mol. The molecule has 1 aliphatic rings. The minimum atomic E-state index is -0.707. The summed E-state index contributed by atoms with van der Waals surface area (Å²) < 4.78 is 5.67. The van der Waals surface area contributed by atoms with E-state index in [1.807, 2.05) is 31.2 Å². The van der Waals surface area contributed by atoms with Gasteiger partial charge in [0.1, 0.15) is 5.75 Å². The number of aliphatic carboxylic acids is 1. The van der Waals surface area contributed by atoms with Gasteiger partial charge in [-0.25, -0.2) is 0 Å². The molecule has 98 valence electrons. The van der Waals surface area contributed by atoms with E-state index in [1.165, 1.54) is 0 Å². The predicted octanol–water partition coefficient (Wildman–Crippen LogP) is 3.30. The number of carboxylic acid groups (broad SMARTS) is 1. The average molecular weight is 248 g/mol. The first kappa shape index (κ1) is 12.9. The molecule has 1 aromatic carbocycles. The molecule has 1 saturated carbocycles. The Labute approximate surface area is 108 Å². The molecule has 2 unspecified atom stereocenters. The Morgan fingerprint density at radius 3 is 2.83 bits per heavy atom. The van der Waals surface area contributed by atoms with Gasteiger partial charge in [0.05, 0.1) is 12.0 Å². The molecule has 0 bridgehead atoms. The molecule has 3 heteroatoms. The van der Waals surface area contributed by atoms with E-state index >= 15 is 0 Å². The zero-order valence-corrected chi connectivity index (χ0v) is 11.1. The van der Waals surface area contributed by atoms with Crippen molar-refractivity contribution in [2.75, 3.05) is 6.61 Å². The highest BCUT2D eigenvalue weighted by Gasteiger charge is 2.57. The first-order chi connectivity index (χ1) is 8.43. The van der Waals surface area contributed by atoms with Crippen LogP contribution in [0.1, 0.15) is 38.7 Å². The lowest BCUT2D eigenvalue weighted by atomic mass is 10.0. The monoisotopic (exact) mass is 248 g/mol. The second-order valence-corrected chi connectivity index (χ2v) is 5.76. The van der Waals surface area contributed by atoms with Crippen LogP contribution < -0.4 is 4.74 Å². The lowest BCUT2D eigenvalue weighted by Crippen LogP contribution is -2.12. The molecule has 3 nitrogen and oxygen atoms in total. The second-order valence-electron chi connectivity index (χ2n) is 5.76. The number of hydrogen-bond acceptors (Lipinski definition) is 2. The largest absolute Gasteiger partial charge is 0.493 e. The highest BCUT2D eigenvalue weighted by Crippen LogP contribution is 2.59. The van der Waals surface area contributed by atoms with Crippen LogP contribution in [-0.2, 0) is 4.79 Å². The molecule has 1 aromatic rings. The standard InChI is InChI=1S/C15H20O3/c1-10(2)9-18-12-6-4-5-11(7-12)13-8-15(13,3)14(16)17/h4-7,10,13H,8-9H2,1-3H3,(H,16,17). The van der Waals surface area contributed by atoms with E-state index in [9.17, 15) is 4.79 Å². The Morgan fingerprint density at radius 1 is 1.56 bits per heavy atom. The van der Waals surface area contributed by atoms with E-state index in [0.717, 1.165) is 17.7 Å². The van der Waals surface area contributed by atoms with E-state index in [-0.39, 0.29) is 5.92 Å². The Morgan fingerprint density at radius 2 is 2.28 bits per heavy atom. The quantitative estimate of drug-likeness (QED) is 0.869. The van der Waals surface area contributed by atoms with Crippen LogP contribution >= 0.6 is 0 Å². The molecule has 1 aliphatic carbocycles. The Balaban J connectivity index is 2.07. The van der Waals surface area contributed by atoms with Crippen molar-refractivity contribution < 1.29 is 14.6 Å². The predicted molar refractivity (Wildman–Crippen MR) is 69.9 cm³/mol. The molecular formula is C15H20O3. The minimum absolute atomic E-state index is 0.123. The van der Waals surface area contributed by atoms with Crippen LogP contribution in [0.25, 0.3) is 0 Å². The number of hydrogen-bond donors (Lipinski definition) is 1. The summed E-state index contributed by atoms with van der Waals surface area (Å²) in [6.07, 6.45) is 0.718. The van der Waals surface area contributed by atoms with Gasteiger partial charge >= 0.3 is 5.97 Å². The fourth-order valence-electron chi connectivity index (χ4n) is 2.17. The van der Waals surface area contributed by atoms with Crippen molar-refractivity contribution in [2.24, 2.45) is 11.3 Å². The highest BCUT2D eigenvalue weighted by atomic mass is 16.5. The summed E-state index contributed by atoms with van der Waals surface area (Å²) in [6.45, 7) is 6.70. The van der Waals surface area contributed by atoms with Gasteiger partial charge in [0.25, 0.3) is 0 Å². The van der Waals surface area contributed by atoms with Crippen LogP contribution in [-0.4, -0.2) is 17.7 Å². The Hall–Kier alpha value is -1.51. The van der Waals surface area contributed by atoms with Gasteiger partial charge in [-0.05, 0) is 37.0 Å². The first-order valence-electron chi connectivity index (χ1n) is 6.39. The fraction of sp³-hybridized carbons (Fsp3) is 0.533. The maximum Gasteiger partial charge on any atom is 0.309 e. The van der Waals surface area contributed by atoms with Gasteiger partial charge in [-0.1, -0.05) is 26.0 Å². The maximum atomic E-state index is 11.1. The van der Waals surface area contributed by atoms with Gasteiger partial charge in [0.2, 0.25) is 0 Å². The van der Waals surface area contributed by atoms with Gasteiger partial charge < -0.3 is 9.84 Å². The molecule has 1 N–H and O–H groups in total. The van der Waals surface area contributed by atoms with Crippen molar-refractivity contribution in [2.45, 2.75) is 33.1 Å². The number of benzene rings is 1. The van der Waals surface area contributed by atoms with Crippen molar-refractivity contribution in [1.29, 1.82) is 0 Å². The molecule has 0 spiro atoms. The lowest BCUT2D eigenvalue weighted by Gasteiger charge is -2.10. The van der Waals surface area contributed by atoms with E-state index in [1.54, 1.807) is 0 Å². The number of rotatable bonds is 5. The normalized spacial score (nSPS) is 26.1. The van der Waals surface area contributed by atoms with Crippen LogP contribution in [0.15, 0.2) is 24.3 Å². The zero-order valence-electron chi connectivity index (χ0n) is 11.1. The second kappa shape index (κ2) is 4.63. The molecule has 0 aliphatic heterocycles. The first-order valence-corrected chi connectivity index (χ1v) is 6.39. The number of carboxylic acids is 1. The summed E-state index contributed by atoms with van der Waals surface area (Å²) in [6, 6.07) is 7.82. The van der Waals surface area contributed by atoms with Gasteiger partial charge in [0, 0.05) is 5.92 Å². The van der Waals surface area contributed by atoms with Crippen LogP contribution in [0.4, 0.5) is 0 Å². The summed E-state index contributed by atoms with van der Waals surface area (Å²) in [5.74, 6) is 0.735. The summed E-state index contributed by atoms with van der Waals surface area (Å²) in [5.41, 5.74) is 0.484.